The fraction of sp³-hybridized carbons (Fsp3) is 0.231. The predicted molar refractivity (Wildman–Crippen MR) is 68.7 cm³/mol. The molecule has 2 aliphatic heterocycles. The molecule has 2 heterocycles. The van der Waals surface area contributed by atoms with E-state index in [9.17, 15) is 4.79 Å². The van der Waals surface area contributed by atoms with Crippen LogP contribution in [-0.2, 0) is 4.79 Å². The van der Waals surface area contributed by atoms with E-state index in [0.29, 0.717) is 0 Å². The minimum absolute atomic E-state index is 0.144. The van der Waals surface area contributed by atoms with E-state index in [4.69, 9.17) is 0 Å². The second kappa shape index (κ2) is 4.13. The quantitative estimate of drug-likeness (QED) is 0.732. The van der Waals surface area contributed by atoms with E-state index in [1.54, 1.807) is 18.7 Å². The lowest BCUT2D eigenvalue weighted by atomic mass is 10.1. The molecule has 3 rings (SSSR count). The molecule has 17 heavy (non-hydrogen) atoms. The van der Waals surface area contributed by atoms with Gasteiger partial charge in [-0.05, 0) is 12.1 Å². The van der Waals surface area contributed by atoms with Gasteiger partial charge in [0.05, 0.1) is 6.92 Å². The Bertz CT molecular complexity index is 534. The first-order chi connectivity index (χ1) is 8.27. The van der Waals surface area contributed by atoms with E-state index in [-0.39, 0.29) is 5.91 Å². The molecule has 86 valence electrons. The van der Waals surface area contributed by atoms with Gasteiger partial charge in [-0.15, -0.1) is 4.58 Å². The number of hydrogen-bond donors (Lipinski definition) is 1. The number of carbonyl (C=O) groups is 1. The van der Waals surface area contributed by atoms with Crippen molar-refractivity contribution in [2.45, 2.75) is 6.92 Å². The van der Waals surface area contributed by atoms with Gasteiger partial charge in [-0.1, -0.05) is 18.2 Å². The van der Waals surface area contributed by atoms with Gasteiger partial charge < -0.3 is 0 Å². The van der Waals surface area contributed by atoms with E-state index >= 15 is 0 Å². The molecule has 0 saturated heterocycles. The predicted octanol–water partition coefficient (Wildman–Crippen LogP) is 0.545. The summed E-state index contributed by atoms with van der Waals surface area (Å²) in [5, 5.41) is 3.30. The fourth-order valence-corrected chi connectivity index (χ4v) is 3.54. The zero-order valence-corrected chi connectivity index (χ0v) is 10.5. The topological polar surface area (TPSA) is 24.5 Å². The van der Waals surface area contributed by atoms with Crippen LogP contribution in [0.15, 0.2) is 35.7 Å². The van der Waals surface area contributed by atoms with Crippen LogP contribution in [-0.4, -0.2) is 28.7 Å². The van der Waals surface area contributed by atoms with E-state index < -0.39 is 0 Å². The van der Waals surface area contributed by atoms with Crippen LogP contribution >= 0.6 is 11.8 Å². The molecule has 0 radical (unpaired) electrons. The van der Waals surface area contributed by atoms with E-state index in [2.05, 4.69) is 29.7 Å². The summed E-state index contributed by atoms with van der Waals surface area (Å²) in [5.74, 6) is 0.144. The summed E-state index contributed by atoms with van der Waals surface area (Å²) < 4.78 is 1.88. The van der Waals surface area contributed by atoms with Gasteiger partial charge in [0.2, 0.25) is 6.54 Å². The lowest BCUT2D eigenvalue weighted by Gasteiger charge is -2.06. The van der Waals surface area contributed by atoms with Crippen LogP contribution in [0.4, 0.5) is 0 Å². The zero-order valence-electron chi connectivity index (χ0n) is 9.64. The number of nitrogens with one attached hydrogen (secondary N) is 1. The lowest BCUT2D eigenvalue weighted by Crippen LogP contribution is -3.09. The molecule has 3 nitrogen and oxygen atoms in total. The highest BCUT2D eigenvalue weighted by Crippen LogP contribution is 2.21. The van der Waals surface area contributed by atoms with Crippen LogP contribution in [0.3, 0.4) is 0 Å². The van der Waals surface area contributed by atoms with Crippen molar-refractivity contribution in [1.82, 2.24) is 0 Å². The van der Waals surface area contributed by atoms with Gasteiger partial charge in [0.1, 0.15) is 0 Å². The summed E-state index contributed by atoms with van der Waals surface area (Å²) in [6.07, 6.45) is 0. The first-order valence-electron chi connectivity index (χ1n) is 5.71. The SMILES string of the molecule is CC(=O)[N+]1=C2SC=C(c3ccccc3)[NH+]2CC1. The molecule has 1 atom stereocenters. The molecule has 1 N–H and O–H groups in total. The molecule has 4 heteroatoms. The molecule has 1 unspecified atom stereocenters. The maximum Gasteiger partial charge on any atom is 0.417 e. The molecule has 0 aromatic heterocycles. The molecule has 0 spiro atoms. The zero-order chi connectivity index (χ0) is 11.8. The van der Waals surface area contributed by atoms with Crippen LogP contribution in [0.1, 0.15) is 12.5 Å². The van der Waals surface area contributed by atoms with Gasteiger partial charge >= 0.3 is 11.1 Å². The number of amidine groups is 1. The first kappa shape index (κ1) is 10.7. The van der Waals surface area contributed by atoms with Crippen LogP contribution in [0, 0.1) is 0 Å². The Hall–Kier alpha value is -1.39. The summed E-state index contributed by atoms with van der Waals surface area (Å²) in [4.78, 5) is 12.8. The summed E-state index contributed by atoms with van der Waals surface area (Å²) in [5.41, 5.74) is 2.53. The number of fused-ring (bicyclic) bond motifs is 1. The van der Waals surface area contributed by atoms with E-state index in [1.165, 1.54) is 16.2 Å². The van der Waals surface area contributed by atoms with Crippen LogP contribution in [0.2, 0.25) is 0 Å². The normalized spacial score (nSPS) is 22.6. The minimum atomic E-state index is 0.144. The number of carbonyl (C=O) groups excluding carboxylic acids is 1. The van der Waals surface area contributed by atoms with Crippen molar-refractivity contribution in [1.29, 1.82) is 0 Å². The lowest BCUT2D eigenvalue weighted by molar-refractivity contribution is -0.711. The Labute approximate surface area is 104 Å². The van der Waals surface area contributed by atoms with Crippen molar-refractivity contribution < 1.29 is 14.3 Å². The monoisotopic (exact) mass is 246 g/mol. The first-order valence-corrected chi connectivity index (χ1v) is 6.59. The Kier molecular flexibility index (Phi) is 2.61. The number of nitrogens with zero attached hydrogens (tertiary/aromatic N) is 1. The van der Waals surface area contributed by atoms with Crippen molar-refractivity contribution in [3.05, 3.63) is 41.3 Å². The van der Waals surface area contributed by atoms with Crippen LogP contribution < -0.4 is 4.90 Å². The van der Waals surface area contributed by atoms with Crippen LogP contribution in [0.25, 0.3) is 5.70 Å². The van der Waals surface area contributed by atoms with Gasteiger partial charge in [0.15, 0.2) is 12.2 Å². The summed E-state index contributed by atoms with van der Waals surface area (Å²) >= 11 is 1.68. The Morgan fingerprint density at radius 2 is 2.12 bits per heavy atom. The largest absolute Gasteiger partial charge is 0.417 e. The second-order valence-electron chi connectivity index (χ2n) is 4.22. The van der Waals surface area contributed by atoms with Crippen molar-refractivity contribution in [2.24, 2.45) is 0 Å². The average molecular weight is 246 g/mol. The molecular formula is C13H14N2OS+2. The Morgan fingerprint density at radius 1 is 1.35 bits per heavy atom. The van der Waals surface area contributed by atoms with Crippen LogP contribution in [0.5, 0.6) is 0 Å². The molecule has 0 bridgehead atoms. The molecule has 0 fully saturated rings. The highest BCUT2D eigenvalue weighted by molar-refractivity contribution is 8.16. The van der Waals surface area contributed by atoms with Crippen molar-refractivity contribution >= 4 is 28.5 Å². The molecule has 0 aliphatic carbocycles. The van der Waals surface area contributed by atoms with E-state index in [0.717, 1.165) is 18.3 Å². The van der Waals surface area contributed by atoms with Gasteiger partial charge in [-0.2, -0.15) is 0 Å². The maximum absolute atomic E-state index is 11.5. The standard InChI is InChI=1S/C13H13N2OS/c1-10(16)14-7-8-15-12(9-17-13(14)15)11-5-3-2-4-6-11/h2-6,9H,7-8H2,1H3/q+1/p+1. The van der Waals surface area contributed by atoms with Gasteiger partial charge in [-0.3, -0.25) is 0 Å². The summed E-state index contributed by atoms with van der Waals surface area (Å²) in [7, 11) is 0. The Morgan fingerprint density at radius 3 is 2.82 bits per heavy atom. The summed E-state index contributed by atoms with van der Waals surface area (Å²) in [6, 6.07) is 10.4. The highest BCUT2D eigenvalue weighted by atomic mass is 32.2. The third kappa shape index (κ3) is 1.73. The number of benzene rings is 1. The van der Waals surface area contributed by atoms with Crippen molar-refractivity contribution in [3.8, 4) is 0 Å². The number of thioether (sulfide) groups is 1. The van der Waals surface area contributed by atoms with E-state index in [1.807, 2.05) is 10.6 Å². The smallest absolute Gasteiger partial charge is 0.220 e. The van der Waals surface area contributed by atoms with Gasteiger partial charge in [-0.25, -0.2) is 9.69 Å². The molecule has 2 aliphatic rings. The molecule has 0 saturated carbocycles. The molecular weight excluding hydrogens is 232 g/mol. The Balaban J connectivity index is 1.96. The summed E-state index contributed by atoms with van der Waals surface area (Å²) in [6.45, 7) is 3.44. The second-order valence-corrected chi connectivity index (χ2v) is 5.08. The molecule has 1 aromatic carbocycles. The third-order valence-corrected chi connectivity index (χ3v) is 4.21. The molecule has 1 amide bonds. The molecule has 1 aromatic rings. The van der Waals surface area contributed by atoms with Gasteiger partial charge in [0.25, 0.3) is 0 Å². The number of hydrogen-bond acceptors (Lipinski definition) is 2. The highest BCUT2D eigenvalue weighted by Gasteiger charge is 2.45. The maximum atomic E-state index is 11.5. The number of quaternary nitrogens is 1. The van der Waals surface area contributed by atoms with Crippen molar-refractivity contribution in [2.75, 3.05) is 13.1 Å². The number of amides is 1. The average Bonchev–Trinajstić information content (AvgIpc) is 2.89. The van der Waals surface area contributed by atoms with Crippen molar-refractivity contribution in [3.63, 3.8) is 0 Å². The fourth-order valence-electron chi connectivity index (χ4n) is 2.33. The minimum Gasteiger partial charge on any atom is -0.220 e. The third-order valence-electron chi connectivity index (χ3n) is 3.17. The number of rotatable bonds is 1. The van der Waals surface area contributed by atoms with Gasteiger partial charge in [0, 0.05) is 22.7 Å².